The molecule has 0 unspecified atom stereocenters. The Kier molecular flexibility index (Phi) is 7.57. The van der Waals surface area contributed by atoms with Crippen LogP contribution in [0.4, 0.5) is 17.1 Å². The molecule has 36 heavy (non-hydrogen) atoms. The van der Waals surface area contributed by atoms with Crippen molar-refractivity contribution in [3.8, 4) is 17.2 Å². The number of non-ortho nitro benzene ring substituents is 1. The van der Waals surface area contributed by atoms with Crippen LogP contribution in [0, 0.1) is 10.1 Å². The number of hydrogen-bond acceptors (Lipinski definition) is 6. The lowest BCUT2D eigenvalue weighted by Crippen LogP contribution is -2.11. The number of carbonyl (C=O) groups excluding carboxylic acids is 1. The molecule has 4 aromatic rings. The monoisotopic (exact) mass is 481 g/mol. The average molecular weight is 482 g/mol. The van der Waals surface area contributed by atoms with Crippen molar-refractivity contribution in [1.82, 2.24) is 0 Å². The number of rotatable bonds is 10. The molecular weight excluding hydrogens is 458 g/mol. The fourth-order valence-electron chi connectivity index (χ4n) is 3.24. The van der Waals surface area contributed by atoms with Crippen molar-refractivity contribution in [1.29, 1.82) is 0 Å². The molecule has 0 aliphatic rings. The van der Waals surface area contributed by atoms with Crippen LogP contribution >= 0.6 is 0 Å². The van der Waals surface area contributed by atoms with Crippen LogP contribution in [0.1, 0.15) is 10.4 Å². The number of amides is 1. The highest BCUT2D eigenvalue weighted by atomic mass is 16.6. The average Bonchev–Trinajstić information content (AvgIpc) is 2.90. The maximum Gasteiger partial charge on any atom is 0.270 e. The first kappa shape index (κ1) is 24.0. The molecule has 4 aromatic carbocycles. The number of ether oxygens (including phenoxy) is 2. The first-order chi connectivity index (χ1) is 17.5. The van der Waals surface area contributed by atoms with Gasteiger partial charge in [-0.05, 0) is 66.7 Å². The van der Waals surface area contributed by atoms with E-state index in [0.29, 0.717) is 23.8 Å². The van der Waals surface area contributed by atoms with E-state index in [4.69, 9.17) is 9.47 Å². The summed E-state index contributed by atoms with van der Waals surface area (Å²) in [7, 11) is 0. The van der Waals surface area contributed by atoms with Crippen LogP contribution in [0.2, 0.25) is 0 Å². The lowest BCUT2D eigenvalue weighted by atomic mass is 10.2. The number of benzene rings is 4. The van der Waals surface area contributed by atoms with Crippen molar-refractivity contribution < 1.29 is 19.2 Å². The van der Waals surface area contributed by atoms with Crippen molar-refractivity contribution in [2.24, 2.45) is 0 Å². The number of nitrogens with zero attached hydrogens (tertiary/aromatic N) is 1. The van der Waals surface area contributed by atoms with Gasteiger partial charge in [-0.3, -0.25) is 14.9 Å². The van der Waals surface area contributed by atoms with E-state index in [0.717, 1.165) is 17.1 Å². The van der Waals surface area contributed by atoms with Gasteiger partial charge < -0.3 is 20.1 Å². The molecule has 8 heteroatoms. The van der Waals surface area contributed by atoms with Crippen LogP contribution in [-0.4, -0.2) is 17.4 Å². The van der Waals surface area contributed by atoms with E-state index in [2.05, 4.69) is 17.2 Å². The third-order valence-corrected chi connectivity index (χ3v) is 5.00. The lowest BCUT2D eigenvalue weighted by Gasteiger charge is -2.12. The summed E-state index contributed by atoms with van der Waals surface area (Å²) < 4.78 is 11.5. The summed E-state index contributed by atoms with van der Waals surface area (Å²) >= 11 is 0. The quantitative estimate of drug-likeness (QED) is 0.194. The van der Waals surface area contributed by atoms with Crippen LogP contribution in [0.25, 0.3) is 0 Å². The zero-order valence-corrected chi connectivity index (χ0v) is 19.2. The molecule has 0 spiro atoms. The highest BCUT2D eigenvalue weighted by Crippen LogP contribution is 2.25. The molecule has 0 bridgehead atoms. The van der Waals surface area contributed by atoms with E-state index in [1.54, 1.807) is 24.3 Å². The van der Waals surface area contributed by atoms with Gasteiger partial charge in [0.2, 0.25) is 0 Å². The Morgan fingerprint density at radius 2 is 1.39 bits per heavy atom. The normalized spacial score (nSPS) is 10.2. The van der Waals surface area contributed by atoms with Crippen molar-refractivity contribution >= 4 is 23.0 Å². The third-order valence-electron chi connectivity index (χ3n) is 5.00. The molecule has 0 saturated carbocycles. The highest BCUT2D eigenvalue weighted by Gasteiger charge is 2.12. The molecular formula is C28H23N3O5. The van der Waals surface area contributed by atoms with Crippen molar-refractivity contribution in [2.45, 2.75) is 0 Å². The molecule has 0 aromatic heterocycles. The Labute approximate surface area is 208 Å². The van der Waals surface area contributed by atoms with Gasteiger partial charge in [0.25, 0.3) is 11.6 Å². The Balaban J connectivity index is 1.28. The molecule has 0 aliphatic heterocycles. The Hall–Kier alpha value is -5.11. The lowest BCUT2D eigenvalue weighted by molar-refractivity contribution is -0.384. The van der Waals surface area contributed by atoms with Crippen LogP contribution in [-0.2, 0) is 0 Å². The van der Waals surface area contributed by atoms with E-state index in [9.17, 15) is 14.9 Å². The molecule has 2 N–H and O–H groups in total. The maximum absolute atomic E-state index is 12.4. The number of para-hydroxylation sites is 1. The van der Waals surface area contributed by atoms with Crippen molar-refractivity contribution in [2.75, 3.05) is 17.2 Å². The van der Waals surface area contributed by atoms with Crippen LogP contribution < -0.4 is 20.1 Å². The summed E-state index contributed by atoms with van der Waals surface area (Å²) in [5, 5.41) is 16.8. The molecule has 8 nitrogen and oxygen atoms in total. The van der Waals surface area contributed by atoms with Crippen LogP contribution in [0.5, 0.6) is 17.2 Å². The standard InChI is InChI=1S/C28H23N3O5/c1-20(19-35-25-8-3-2-4-9-25)29-22-10-14-26(15-11-22)36-27-16-12-23(13-17-27)30-28(32)21-6-5-7-24(18-21)31(33)34/h2-18,29H,1,19H2,(H,30,32). The number of anilines is 2. The zero-order chi connectivity index (χ0) is 25.3. The zero-order valence-electron chi connectivity index (χ0n) is 19.2. The molecule has 0 radical (unpaired) electrons. The largest absolute Gasteiger partial charge is 0.487 e. The predicted octanol–water partition coefficient (Wildman–Crippen LogP) is 6.64. The van der Waals surface area contributed by atoms with Crippen molar-refractivity contribution in [3.05, 3.63) is 131 Å². The molecule has 1 amide bonds. The maximum atomic E-state index is 12.4. The second-order valence-electron chi connectivity index (χ2n) is 7.74. The highest BCUT2D eigenvalue weighted by molar-refractivity contribution is 6.04. The predicted molar refractivity (Wildman–Crippen MR) is 139 cm³/mol. The van der Waals surface area contributed by atoms with Crippen LogP contribution in [0.3, 0.4) is 0 Å². The van der Waals surface area contributed by atoms with Crippen LogP contribution in [0.15, 0.2) is 115 Å². The topological polar surface area (TPSA) is 103 Å². The molecule has 4 rings (SSSR count). The Morgan fingerprint density at radius 1 is 0.778 bits per heavy atom. The molecule has 0 fully saturated rings. The van der Waals surface area contributed by atoms with Gasteiger partial charge in [-0.1, -0.05) is 30.8 Å². The second-order valence-corrected chi connectivity index (χ2v) is 7.74. The Bertz CT molecular complexity index is 1350. The number of carbonyl (C=O) groups is 1. The van der Waals surface area contributed by atoms with E-state index < -0.39 is 10.8 Å². The summed E-state index contributed by atoms with van der Waals surface area (Å²) in [5.41, 5.74) is 2.16. The number of nitro benzene ring substituents is 1. The minimum Gasteiger partial charge on any atom is -0.487 e. The summed E-state index contributed by atoms with van der Waals surface area (Å²) in [6, 6.07) is 29.3. The fourth-order valence-corrected chi connectivity index (χ4v) is 3.24. The summed E-state index contributed by atoms with van der Waals surface area (Å²) in [6.45, 7) is 4.33. The van der Waals surface area contributed by atoms with Gasteiger partial charge in [0.1, 0.15) is 23.9 Å². The van der Waals surface area contributed by atoms with Crippen molar-refractivity contribution in [3.63, 3.8) is 0 Å². The first-order valence-electron chi connectivity index (χ1n) is 11.0. The minimum atomic E-state index is -0.539. The van der Waals surface area contributed by atoms with E-state index >= 15 is 0 Å². The summed E-state index contributed by atoms with van der Waals surface area (Å²) in [6.07, 6.45) is 0. The number of nitro groups is 1. The molecule has 0 saturated heterocycles. The minimum absolute atomic E-state index is 0.141. The Morgan fingerprint density at radius 3 is 2.00 bits per heavy atom. The first-order valence-corrected chi connectivity index (χ1v) is 11.0. The van der Waals surface area contributed by atoms with Gasteiger partial charge in [-0.2, -0.15) is 0 Å². The van der Waals surface area contributed by atoms with Gasteiger partial charge in [0, 0.05) is 34.8 Å². The number of nitrogens with one attached hydrogen (secondary N) is 2. The van der Waals surface area contributed by atoms with E-state index in [1.165, 1.54) is 24.3 Å². The third kappa shape index (κ3) is 6.71. The van der Waals surface area contributed by atoms with Gasteiger partial charge in [0.05, 0.1) is 4.92 Å². The molecule has 0 heterocycles. The summed E-state index contributed by atoms with van der Waals surface area (Å²) in [5.74, 6) is 1.56. The second kappa shape index (κ2) is 11.3. The number of hydrogen-bond donors (Lipinski definition) is 2. The van der Waals surface area contributed by atoms with Gasteiger partial charge in [0.15, 0.2) is 0 Å². The van der Waals surface area contributed by atoms with Gasteiger partial charge in [-0.25, -0.2) is 0 Å². The SMILES string of the molecule is C=C(COc1ccccc1)Nc1ccc(Oc2ccc(NC(=O)c3cccc([N+](=O)[O-])c3)cc2)cc1. The smallest absolute Gasteiger partial charge is 0.270 e. The van der Waals surface area contributed by atoms with E-state index in [1.807, 2.05) is 54.6 Å². The van der Waals surface area contributed by atoms with E-state index in [-0.39, 0.29) is 11.3 Å². The summed E-state index contributed by atoms with van der Waals surface area (Å²) in [4.78, 5) is 22.8. The molecule has 180 valence electrons. The molecule has 0 atom stereocenters. The van der Waals surface area contributed by atoms with Gasteiger partial charge >= 0.3 is 0 Å². The molecule has 0 aliphatic carbocycles. The van der Waals surface area contributed by atoms with Gasteiger partial charge in [-0.15, -0.1) is 0 Å². The fraction of sp³-hybridized carbons (Fsp3) is 0.0357.